The van der Waals surface area contributed by atoms with Crippen LogP contribution in [0.3, 0.4) is 0 Å². The van der Waals surface area contributed by atoms with E-state index in [1.54, 1.807) is 0 Å². The van der Waals surface area contributed by atoms with Crippen LogP contribution in [-0.4, -0.2) is 19.1 Å². The van der Waals surface area contributed by atoms with Gasteiger partial charge in [-0.05, 0) is 47.4 Å². The Morgan fingerprint density at radius 1 is 1.07 bits per heavy atom. The second-order valence-corrected chi connectivity index (χ2v) is 7.53. The highest BCUT2D eigenvalue weighted by Gasteiger charge is 2.24. The van der Waals surface area contributed by atoms with Crippen molar-refractivity contribution in [2.75, 3.05) is 18.0 Å². The van der Waals surface area contributed by atoms with Crippen LogP contribution in [0.1, 0.15) is 30.5 Å². The topological polar surface area (TPSA) is 24.5 Å². The van der Waals surface area contributed by atoms with Gasteiger partial charge in [0, 0.05) is 30.9 Å². The lowest BCUT2D eigenvalue weighted by Crippen LogP contribution is -2.34. The van der Waals surface area contributed by atoms with Crippen LogP contribution in [0, 0.1) is 0 Å². The van der Waals surface area contributed by atoms with E-state index in [-0.39, 0.29) is 0 Å². The largest absolute Gasteiger partial charge is 0.370 e. The van der Waals surface area contributed by atoms with Crippen LogP contribution in [0.25, 0.3) is 10.8 Å². The molecule has 0 spiro atoms. The van der Waals surface area contributed by atoms with Crippen molar-refractivity contribution in [1.82, 2.24) is 5.32 Å². The lowest BCUT2D eigenvalue weighted by molar-refractivity contribution is 0.341. The van der Waals surface area contributed by atoms with Gasteiger partial charge in [0.1, 0.15) is 0 Å². The number of hydrogen-bond acceptors (Lipinski definition) is 3. The molecule has 140 valence electrons. The molecule has 1 fully saturated rings. The molecule has 3 aromatic rings. The van der Waals surface area contributed by atoms with E-state index in [0.29, 0.717) is 18.7 Å². The molecule has 0 radical (unpaired) electrons. The Hall–Kier alpha value is -2.07. The van der Waals surface area contributed by atoms with Gasteiger partial charge in [-0.1, -0.05) is 54.6 Å². The maximum absolute atomic E-state index is 5.34. The summed E-state index contributed by atoms with van der Waals surface area (Å²) in [7, 11) is 0. The molecule has 0 amide bonds. The summed E-state index contributed by atoms with van der Waals surface area (Å²) in [5.74, 6) is 0. The Bertz CT molecular complexity index is 891. The Morgan fingerprint density at radius 3 is 2.67 bits per heavy atom. The molecule has 0 bridgehead atoms. The fraction of sp³-hybridized carbons (Fsp3) is 0.304. The van der Waals surface area contributed by atoms with Gasteiger partial charge >= 0.3 is 0 Å². The van der Waals surface area contributed by atoms with E-state index >= 15 is 0 Å². The molecule has 0 aromatic heterocycles. The van der Waals surface area contributed by atoms with Crippen molar-refractivity contribution in [2.45, 2.75) is 32.0 Å². The van der Waals surface area contributed by atoms with Crippen LogP contribution in [0.4, 0.5) is 5.69 Å². The summed E-state index contributed by atoms with van der Waals surface area (Å²) >= 11 is 5.34. The molecule has 0 aliphatic carbocycles. The van der Waals surface area contributed by atoms with Crippen molar-refractivity contribution in [3.63, 3.8) is 0 Å². The average Bonchev–Trinajstić information content (AvgIpc) is 3.17. The molecule has 1 aliphatic heterocycles. The quantitative estimate of drug-likeness (QED) is 0.616. The summed E-state index contributed by atoms with van der Waals surface area (Å²) in [6.07, 6.45) is 1.15. The summed E-state index contributed by atoms with van der Waals surface area (Å²) in [5, 5.41) is 6.48. The molecule has 1 heterocycles. The zero-order valence-corrected chi connectivity index (χ0v) is 16.3. The molecule has 0 saturated carbocycles. The zero-order valence-electron chi connectivity index (χ0n) is 15.6. The fourth-order valence-electron chi connectivity index (χ4n) is 4.07. The number of anilines is 1. The van der Waals surface area contributed by atoms with Crippen molar-refractivity contribution < 1.29 is 4.29 Å². The van der Waals surface area contributed by atoms with E-state index in [2.05, 4.69) is 88.2 Å². The second kappa shape index (κ2) is 8.30. The highest BCUT2D eigenvalue weighted by molar-refractivity contribution is 6.07. The van der Waals surface area contributed by atoms with Crippen LogP contribution in [0.2, 0.25) is 0 Å². The summed E-state index contributed by atoms with van der Waals surface area (Å²) < 4.78 is 4.68. The Kier molecular flexibility index (Phi) is 5.63. The van der Waals surface area contributed by atoms with Gasteiger partial charge in [-0.15, -0.1) is 0 Å². The molecule has 27 heavy (non-hydrogen) atoms. The van der Waals surface area contributed by atoms with E-state index in [9.17, 15) is 0 Å². The standard InChI is InChI=1S/C23H25ClN2O/c1-17(22-8-4-6-19-5-2-3-7-23(19)22)25-20-13-14-26(15-20)21-11-9-18(10-12-21)16-27-24/h2-12,17,20,25H,13-16H2,1H3/t17-,20+/m1/s1. The average molecular weight is 381 g/mol. The summed E-state index contributed by atoms with van der Waals surface area (Å²) in [4.78, 5) is 2.44. The minimum atomic E-state index is 0.323. The van der Waals surface area contributed by atoms with Crippen molar-refractivity contribution in [3.8, 4) is 0 Å². The molecule has 0 unspecified atom stereocenters. The summed E-state index contributed by atoms with van der Waals surface area (Å²) in [5.41, 5.74) is 3.72. The van der Waals surface area contributed by atoms with Gasteiger partial charge in [0.2, 0.25) is 0 Å². The van der Waals surface area contributed by atoms with Gasteiger partial charge in [0.15, 0.2) is 0 Å². The monoisotopic (exact) mass is 380 g/mol. The molecule has 1 aliphatic rings. The number of hydrogen-bond donors (Lipinski definition) is 1. The highest BCUT2D eigenvalue weighted by Crippen LogP contribution is 2.27. The Labute approximate surface area is 166 Å². The van der Waals surface area contributed by atoms with Crippen LogP contribution in [-0.2, 0) is 10.9 Å². The molecule has 1 saturated heterocycles. The fourth-order valence-corrected chi connectivity index (χ4v) is 4.19. The number of halogens is 1. The SMILES string of the molecule is C[C@@H](N[C@H]1CCN(c2ccc(COCl)cc2)C1)c1cccc2ccccc12. The van der Waals surface area contributed by atoms with Crippen LogP contribution >= 0.6 is 11.9 Å². The number of nitrogens with zero attached hydrogens (tertiary/aromatic N) is 1. The van der Waals surface area contributed by atoms with E-state index in [4.69, 9.17) is 11.9 Å². The molecular weight excluding hydrogens is 356 g/mol. The second-order valence-electron chi connectivity index (χ2n) is 7.31. The normalized spacial score (nSPS) is 18.1. The maximum atomic E-state index is 5.34. The molecule has 3 nitrogen and oxygen atoms in total. The van der Waals surface area contributed by atoms with Gasteiger partial charge in [-0.3, -0.25) is 4.29 Å². The van der Waals surface area contributed by atoms with E-state index in [0.717, 1.165) is 25.1 Å². The molecule has 3 aromatic carbocycles. The minimum Gasteiger partial charge on any atom is -0.370 e. The summed E-state index contributed by atoms with van der Waals surface area (Å²) in [6.45, 7) is 4.81. The zero-order chi connectivity index (χ0) is 18.6. The first-order valence-electron chi connectivity index (χ1n) is 9.56. The minimum absolute atomic E-state index is 0.323. The van der Waals surface area contributed by atoms with E-state index in [1.165, 1.54) is 22.0 Å². The van der Waals surface area contributed by atoms with Crippen LogP contribution < -0.4 is 10.2 Å². The highest BCUT2D eigenvalue weighted by atomic mass is 35.5. The first kappa shape index (κ1) is 18.3. The lowest BCUT2D eigenvalue weighted by atomic mass is 9.99. The first-order chi connectivity index (χ1) is 13.2. The molecular formula is C23H25ClN2O. The predicted octanol–water partition coefficient (Wildman–Crippen LogP) is 5.44. The first-order valence-corrected chi connectivity index (χ1v) is 9.86. The van der Waals surface area contributed by atoms with Crippen molar-refractivity contribution in [2.24, 2.45) is 0 Å². The van der Waals surface area contributed by atoms with Crippen LogP contribution in [0.15, 0.2) is 66.7 Å². The smallest absolute Gasteiger partial charge is 0.0933 e. The number of fused-ring (bicyclic) bond motifs is 1. The third kappa shape index (κ3) is 4.11. The Morgan fingerprint density at radius 2 is 1.85 bits per heavy atom. The lowest BCUT2D eigenvalue weighted by Gasteiger charge is -2.23. The van der Waals surface area contributed by atoms with Gasteiger partial charge in [-0.2, -0.15) is 0 Å². The van der Waals surface area contributed by atoms with E-state index < -0.39 is 0 Å². The van der Waals surface area contributed by atoms with Gasteiger partial charge in [-0.25, -0.2) is 0 Å². The molecule has 1 N–H and O–H groups in total. The predicted molar refractivity (Wildman–Crippen MR) is 113 cm³/mol. The molecule has 4 rings (SSSR count). The van der Waals surface area contributed by atoms with Crippen molar-refractivity contribution >= 4 is 28.3 Å². The third-order valence-electron chi connectivity index (χ3n) is 5.49. The number of rotatable bonds is 6. The number of benzene rings is 3. The van der Waals surface area contributed by atoms with Crippen molar-refractivity contribution in [3.05, 3.63) is 77.9 Å². The Balaban J connectivity index is 1.42. The molecule has 2 atom stereocenters. The van der Waals surface area contributed by atoms with Gasteiger partial charge < -0.3 is 10.2 Å². The van der Waals surface area contributed by atoms with Crippen LogP contribution in [0.5, 0.6) is 0 Å². The van der Waals surface area contributed by atoms with Crippen molar-refractivity contribution in [1.29, 1.82) is 0 Å². The third-order valence-corrected chi connectivity index (χ3v) is 5.60. The van der Waals surface area contributed by atoms with E-state index in [1.807, 2.05) is 0 Å². The summed E-state index contributed by atoms with van der Waals surface area (Å²) in [6, 6.07) is 24.5. The molecule has 4 heteroatoms. The van der Waals surface area contributed by atoms with Gasteiger partial charge in [0.05, 0.1) is 18.5 Å². The number of nitrogens with one attached hydrogen (secondary N) is 1. The van der Waals surface area contributed by atoms with Gasteiger partial charge in [0.25, 0.3) is 0 Å². The maximum Gasteiger partial charge on any atom is 0.0933 e.